The van der Waals surface area contributed by atoms with Crippen LogP contribution in [0.2, 0.25) is 0 Å². The number of aryl methyl sites for hydroxylation is 1. The SMILES string of the molecule is Cc1ccc(CC(=O)NCCN(C2CCOCC2)C2CCN(S(C)(=O)=O)C2)cc1. The molecule has 0 aromatic heterocycles. The Kier molecular flexibility index (Phi) is 7.67. The molecule has 0 aliphatic carbocycles. The standard InChI is InChI=1S/C21H33N3O4S/c1-17-3-5-18(6-4-17)15-21(25)22-10-12-24(19-8-13-28-14-9-19)20-7-11-23(16-20)29(2,26)27/h3-6,19-20H,7-16H2,1-2H3,(H,22,25). The Morgan fingerprint density at radius 2 is 1.86 bits per heavy atom. The van der Waals surface area contributed by atoms with E-state index in [-0.39, 0.29) is 11.9 Å². The minimum atomic E-state index is -3.16. The van der Waals surface area contributed by atoms with Crippen LogP contribution in [0.4, 0.5) is 0 Å². The van der Waals surface area contributed by atoms with Crippen molar-refractivity contribution in [3.8, 4) is 0 Å². The third-order valence-electron chi connectivity index (χ3n) is 5.90. The summed E-state index contributed by atoms with van der Waals surface area (Å²) in [4.78, 5) is 14.7. The monoisotopic (exact) mass is 423 g/mol. The third kappa shape index (κ3) is 6.50. The first-order valence-corrected chi connectivity index (χ1v) is 12.3. The molecule has 29 heavy (non-hydrogen) atoms. The van der Waals surface area contributed by atoms with Crippen molar-refractivity contribution in [2.24, 2.45) is 0 Å². The van der Waals surface area contributed by atoms with Crippen molar-refractivity contribution >= 4 is 15.9 Å². The maximum atomic E-state index is 12.3. The number of nitrogens with zero attached hydrogens (tertiary/aromatic N) is 2. The molecule has 1 unspecified atom stereocenters. The van der Waals surface area contributed by atoms with Gasteiger partial charge in [-0.2, -0.15) is 0 Å². The number of carbonyl (C=O) groups is 1. The van der Waals surface area contributed by atoms with Gasteiger partial charge in [0.2, 0.25) is 15.9 Å². The number of amides is 1. The van der Waals surface area contributed by atoms with Crippen LogP contribution in [0, 0.1) is 6.92 Å². The Bertz CT molecular complexity index is 776. The molecule has 8 heteroatoms. The van der Waals surface area contributed by atoms with Crippen LogP contribution < -0.4 is 5.32 Å². The van der Waals surface area contributed by atoms with Gasteiger partial charge in [0.05, 0.1) is 12.7 Å². The van der Waals surface area contributed by atoms with Gasteiger partial charge in [-0.1, -0.05) is 29.8 Å². The zero-order valence-electron chi connectivity index (χ0n) is 17.5. The molecule has 7 nitrogen and oxygen atoms in total. The average molecular weight is 424 g/mol. The van der Waals surface area contributed by atoms with Gasteiger partial charge >= 0.3 is 0 Å². The lowest BCUT2D eigenvalue weighted by Crippen LogP contribution is -2.50. The summed E-state index contributed by atoms with van der Waals surface area (Å²) in [7, 11) is -3.16. The van der Waals surface area contributed by atoms with Crippen molar-refractivity contribution in [3.05, 3.63) is 35.4 Å². The van der Waals surface area contributed by atoms with E-state index in [1.54, 1.807) is 4.31 Å². The summed E-state index contributed by atoms with van der Waals surface area (Å²) in [6, 6.07) is 8.58. The first-order valence-electron chi connectivity index (χ1n) is 10.4. The maximum absolute atomic E-state index is 12.3. The second kappa shape index (κ2) is 10.0. The Balaban J connectivity index is 1.54. The Labute approximate surface area is 174 Å². The van der Waals surface area contributed by atoms with E-state index in [1.807, 2.05) is 31.2 Å². The van der Waals surface area contributed by atoms with Gasteiger partial charge < -0.3 is 10.1 Å². The fourth-order valence-electron chi connectivity index (χ4n) is 4.24. The van der Waals surface area contributed by atoms with Gasteiger partial charge in [0.15, 0.2) is 0 Å². The van der Waals surface area contributed by atoms with Crippen LogP contribution in [0.5, 0.6) is 0 Å². The molecule has 2 aliphatic heterocycles. The van der Waals surface area contributed by atoms with E-state index in [4.69, 9.17) is 4.74 Å². The lowest BCUT2D eigenvalue weighted by Gasteiger charge is -2.38. The molecule has 0 saturated carbocycles. The molecule has 2 fully saturated rings. The van der Waals surface area contributed by atoms with Crippen LogP contribution in [0.15, 0.2) is 24.3 Å². The van der Waals surface area contributed by atoms with Crippen LogP contribution in [0.25, 0.3) is 0 Å². The van der Waals surface area contributed by atoms with Crippen LogP contribution in [-0.2, 0) is 26.0 Å². The number of nitrogens with one attached hydrogen (secondary N) is 1. The van der Waals surface area contributed by atoms with Gasteiger partial charge in [0, 0.05) is 51.5 Å². The van der Waals surface area contributed by atoms with Crippen LogP contribution in [0.3, 0.4) is 0 Å². The summed E-state index contributed by atoms with van der Waals surface area (Å²) in [5.41, 5.74) is 2.19. The largest absolute Gasteiger partial charge is 0.381 e. The fourth-order valence-corrected chi connectivity index (χ4v) is 5.12. The third-order valence-corrected chi connectivity index (χ3v) is 7.17. The molecule has 0 bridgehead atoms. The van der Waals surface area contributed by atoms with Crippen molar-refractivity contribution in [1.29, 1.82) is 0 Å². The first kappa shape index (κ1) is 22.2. The van der Waals surface area contributed by atoms with Gasteiger partial charge in [0.1, 0.15) is 0 Å². The highest BCUT2D eigenvalue weighted by Crippen LogP contribution is 2.24. The highest BCUT2D eigenvalue weighted by molar-refractivity contribution is 7.88. The summed E-state index contributed by atoms with van der Waals surface area (Å²) < 4.78 is 30.9. The van der Waals surface area contributed by atoms with E-state index in [0.717, 1.165) is 44.6 Å². The molecule has 2 heterocycles. The maximum Gasteiger partial charge on any atom is 0.224 e. The van der Waals surface area contributed by atoms with Crippen molar-refractivity contribution in [1.82, 2.24) is 14.5 Å². The van der Waals surface area contributed by atoms with E-state index in [2.05, 4.69) is 10.2 Å². The van der Waals surface area contributed by atoms with Crippen LogP contribution >= 0.6 is 0 Å². The van der Waals surface area contributed by atoms with Crippen molar-refractivity contribution < 1.29 is 17.9 Å². The topological polar surface area (TPSA) is 79.0 Å². The summed E-state index contributed by atoms with van der Waals surface area (Å²) >= 11 is 0. The number of carbonyl (C=O) groups excluding carboxylic acids is 1. The molecule has 1 aromatic carbocycles. The molecule has 0 spiro atoms. The smallest absolute Gasteiger partial charge is 0.224 e. The van der Waals surface area contributed by atoms with Crippen molar-refractivity contribution in [2.45, 2.75) is 44.7 Å². The second-order valence-electron chi connectivity index (χ2n) is 8.16. The van der Waals surface area contributed by atoms with Gasteiger partial charge in [-0.15, -0.1) is 0 Å². The Morgan fingerprint density at radius 1 is 1.17 bits per heavy atom. The molecule has 1 N–H and O–H groups in total. The van der Waals surface area contributed by atoms with Crippen LogP contribution in [-0.4, -0.2) is 81.3 Å². The zero-order chi connectivity index (χ0) is 20.9. The van der Waals surface area contributed by atoms with Gasteiger partial charge in [-0.05, 0) is 31.7 Å². The molecule has 1 amide bonds. The quantitative estimate of drug-likeness (QED) is 0.679. The van der Waals surface area contributed by atoms with Crippen molar-refractivity contribution in [2.75, 3.05) is 45.6 Å². The number of sulfonamides is 1. The molecule has 1 atom stereocenters. The lowest BCUT2D eigenvalue weighted by molar-refractivity contribution is -0.120. The molecule has 162 valence electrons. The minimum absolute atomic E-state index is 0.0185. The molecular formula is C21H33N3O4S. The van der Waals surface area contributed by atoms with E-state index in [9.17, 15) is 13.2 Å². The highest BCUT2D eigenvalue weighted by atomic mass is 32.2. The fraction of sp³-hybridized carbons (Fsp3) is 0.667. The summed E-state index contributed by atoms with van der Waals surface area (Å²) in [5, 5.41) is 3.04. The van der Waals surface area contributed by atoms with E-state index in [1.165, 1.54) is 11.8 Å². The number of ether oxygens (including phenoxy) is 1. The van der Waals surface area contributed by atoms with Gasteiger partial charge in [0.25, 0.3) is 0 Å². The molecule has 1 aromatic rings. The average Bonchev–Trinajstić information content (AvgIpc) is 3.18. The lowest BCUT2D eigenvalue weighted by atomic mass is 10.0. The molecular weight excluding hydrogens is 390 g/mol. The molecule has 2 aliphatic rings. The highest BCUT2D eigenvalue weighted by Gasteiger charge is 2.35. The number of hydrogen-bond donors (Lipinski definition) is 1. The summed E-state index contributed by atoms with van der Waals surface area (Å²) in [6.07, 6.45) is 4.39. The first-order chi connectivity index (χ1) is 13.8. The number of hydrogen-bond acceptors (Lipinski definition) is 5. The van der Waals surface area contributed by atoms with Gasteiger partial charge in [-0.3, -0.25) is 9.69 Å². The second-order valence-corrected chi connectivity index (χ2v) is 10.1. The van der Waals surface area contributed by atoms with Gasteiger partial charge in [-0.25, -0.2) is 12.7 Å². The van der Waals surface area contributed by atoms with Crippen LogP contribution in [0.1, 0.15) is 30.4 Å². The van der Waals surface area contributed by atoms with E-state index < -0.39 is 10.0 Å². The van der Waals surface area contributed by atoms with E-state index >= 15 is 0 Å². The Hall–Kier alpha value is -1.48. The summed E-state index contributed by atoms with van der Waals surface area (Å²) in [6.45, 7) is 5.91. The molecule has 2 saturated heterocycles. The predicted octanol–water partition coefficient (Wildman–Crippen LogP) is 1.17. The van der Waals surface area contributed by atoms with Crippen molar-refractivity contribution in [3.63, 3.8) is 0 Å². The minimum Gasteiger partial charge on any atom is -0.381 e. The summed E-state index contributed by atoms with van der Waals surface area (Å²) in [5.74, 6) is 0.0185. The Morgan fingerprint density at radius 3 is 2.48 bits per heavy atom. The predicted molar refractivity (Wildman–Crippen MR) is 113 cm³/mol. The number of rotatable bonds is 8. The molecule has 3 rings (SSSR count). The molecule has 0 radical (unpaired) electrons. The normalized spacial score (nSPS) is 21.6. The number of benzene rings is 1. The zero-order valence-corrected chi connectivity index (χ0v) is 18.3. The van der Waals surface area contributed by atoms with E-state index in [0.29, 0.717) is 32.1 Å².